The van der Waals surface area contributed by atoms with Gasteiger partial charge >= 0.3 is 0 Å². The number of para-hydroxylation sites is 1. The topological polar surface area (TPSA) is 26.3 Å². The first-order chi connectivity index (χ1) is 10.7. The van der Waals surface area contributed by atoms with Crippen LogP contribution < -0.4 is 4.74 Å². The predicted molar refractivity (Wildman–Crippen MR) is 88.6 cm³/mol. The van der Waals surface area contributed by atoms with Crippen LogP contribution in [0.15, 0.2) is 78.9 Å². The zero-order valence-corrected chi connectivity index (χ0v) is 12.5. The lowest BCUT2D eigenvalue weighted by molar-refractivity contribution is 0.108. The van der Waals surface area contributed by atoms with Gasteiger partial charge in [0.05, 0.1) is 0 Å². The van der Waals surface area contributed by atoms with Gasteiger partial charge in [-0.05, 0) is 53.1 Å². The Morgan fingerprint density at radius 2 is 1.32 bits per heavy atom. The number of carbonyl (C=O) groups excluding carboxylic acids is 1. The average Bonchev–Trinajstić information content (AvgIpc) is 2.56. The van der Waals surface area contributed by atoms with Crippen LogP contribution in [0.4, 0.5) is 0 Å². The zero-order valence-electron chi connectivity index (χ0n) is 11.7. The van der Waals surface area contributed by atoms with Crippen LogP contribution >= 0.6 is 11.6 Å². The fourth-order valence-electron chi connectivity index (χ4n) is 2.23. The maximum Gasteiger partial charge on any atom is 0.253 e. The minimum Gasteiger partial charge on any atom is -0.457 e. The molecule has 0 spiro atoms. The highest BCUT2D eigenvalue weighted by atomic mass is 35.5. The van der Waals surface area contributed by atoms with Crippen molar-refractivity contribution in [3.05, 3.63) is 84.4 Å². The van der Waals surface area contributed by atoms with E-state index in [-0.39, 0.29) is 0 Å². The molecule has 0 aliphatic carbocycles. The molecule has 0 unspecified atom stereocenters. The third kappa shape index (κ3) is 3.18. The van der Waals surface area contributed by atoms with Crippen LogP contribution in [0.25, 0.3) is 11.1 Å². The molecule has 22 heavy (non-hydrogen) atoms. The average molecular weight is 309 g/mol. The fraction of sp³-hybridized carbons (Fsp3) is 0. The second kappa shape index (κ2) is 6.46. The smallest absolute Gasteiger partial charge is 0.253 e. The normalized spacial score (nSPS) is 10.2. The van der Waals surface area contributed by atoms with Gasteiger partial charge in [0.1, 0.15) is 11.5 Å². The van der Waals surface area contributed by atoms with Gasteiger partial charge in [-0.15, -0.1) is 0 Å². The van der Waals surface area contributed by atoms with Crippen molar-refractivity contribution < 1.29 is 9.53 Å². The van der Waals surface area contributed by atoms with Crippen LogP contribution in [-0.2, 0) is 0 Å². The van der Waals surface area contributed by atoms with Gasteiger partial charge in [0.2, 0.25) is 0 Å². The second-order valence-corrected chi connectivity index (χ2v) is 5.10. The van der Waals surface area contributed by atoms with E-state index in [2.05, 4.69) is 0 Å². The molecule has 0 atom stereocenters. The first kappa shape index (κ1) is 14.4. The molecule has 2 nitrogen and oxygen atoms in total. The van der Waals surface area contributed by atoms with Gasteiger partial charge in [-0.1, -0.05) is 48.5 Å². The molecule has 0 amide bonds. The molecule has 0 radical (unpaired) electrons. The molecule has 0 bridgehead atoms. The van der Waals surface area contributed by atoms with E-state index in [1.54, 1.807) is 12.1 Å². The Bertz CT molecular complexity index is 780. The molecule has 0 aliphatic rings. The molecule has 3 rings (SSSR count). The fourth-order valence-corrected chi connectivity index (χ4v) is 2.40. The van der Waals surface area contributed by atoms with Crippen LogP contribution in [0.2, 0.25) is 0 Å². The van der Waals surface area contributed by atoms with Crippen molar-refractivity contribution in [1.29, 1.82) is 0 Å². The quantitative estimate of drug-likeness (QED) is 0.593. The molecular formula is C19H13ClO2. The predicted octanol–water partition coefficient (Wildman–Crippen LogP) is 5.52. The minimum atomic E-state index is -0.458. The summed E-state index contributed by atoms with van der Waals surface area (Å²) in [5.74, 6) is 1.52. The Morgan fingerprint density at radius 1 is 0.727 bits per heavy atom. The van der Waals surface area contributed by atoms with Crippen molar-refractivity contribution in [2.75, 3.05) is 0 Å². The summed E-state index contributed by atoms with van der Waals surface area (Å²) < 4.78 is 5.75. The number of carbonyl (C=O) groups is 1. The van der Waals surface area contributed by atoms with E-state index in [1.807, 2.05) is 66.7 Å². The van der Waals surface area contributed by atoms with Gasteiger partial charge in [0, 0.05) is 5.56 Å². The molecule has 3 aromatic carbocycles. The number of ether oxygens (including phenoxy) is 1. The lowest BCUT2D eigenvalue weighted by atomic mass is 10.0. The first-order valence-corrected chi connectivity index (χ1v) is 7.24. The summed E-state index contributed by atoms with van der Waals surface area (Å²) >= 11 is 5.63. The standard InChI is InChI=1S/C19H13ClO2/c20-19(21)18-9-5-4-8-17(18)14-10-12-16(13-11-14)22-15-6-2-1-3-7-15/h1-13H. The maximum absolute atomic E-state index is 11.5. The molecule has 3 heteroatoms. The molecule has 0 fully saturated rings. The molecule has 0 heterocycles. The zero-order chi connectivity index (χ0) is 15.4. The Kier molecular flexibility index (Phi) is 4.22. The Labute approximate surface area is 133 Å². The Balaban J connectivity index is 1.87. The van der Waals surface area contributed by atoms with Crippen LogP contribution in [0.1, 0.15) is 10.4 Å². The van der Waals surface area contributed by atoms with Crippen molar-refractivity contribution in [3.63, 3.8) is 0 Å². The third-order valence-corrected chi connectivity index (χ3v) is 3.49. The molecule has 3 aromatic rings. The number of rotatable bonds is 4. The van der Waals surface area contributed by atoms with Gasteiger partial charge in [0.25, 0.3) is 5.24 Å². The number of halogens is 1. The number of hydrogen-bond donors (Lipinski definition) is 0. The number of hydrogen-bond acceptors (Lipinski definition) is 2. The van der Waals surface area contributed by atoms with Crippen molar-refractivity contribution in [2.45, 2.75) is 0 Å². The van der Waals surface area contributed by atoms with Crippen LogP contribution in [0.5, 0.6) is 11.5 Å². The van der Waals surface area contributed by atoms with Crippen molar-refractivity contribution >= 4 is 16.8 Å². The van der Waals surface area contributed by atoms with Crippen LogP contribution in [0, 0.1) is 0 Å². The highest BCUT2D eigenvalue weighted by Gasteiger charge is 2.10. The molecular weight excluding hydrogens is 296 g/mol. The lowest BCUT2D eigenvalue weighted by Crippen LogP contribution is -1.93. The summed E-state index contributed by atoms with van der Waals surface area (Å²) in [5, 5.41) is -0.458. The molecule has 0 saturated heterocycles. The molecule has 0 saturated carbocycles. The largest absolute Gasteiger partial charge is 0.457 e. The van der Waals surface area contributed by atoms with E-state index in [9.17, 15) is 4.79 Å². The van der Waals surface area contributed by atoms with Gasteiger partial charge in [0.15, 0.2) is 0 Å². The summed E-state index contributed by atoms with van der Waals surface area (Å²) in [5.41, 5.74) is 2.24. The van der Waals surface area contributed by atoms with Gasteiger partial charge in [-0.3, -0.25) is 4.79 Å². The van der Waals surface area contributed by atoms with Gasteiger partial charge in [-0.25, -0.2) is 0 Å². The second-order valence-electron chi connectivity index (χ2n) is 4.76. The molecule has 0 N–H and O–H groups in total. The van der Waals surface area contributed by atoms with Crippen LogP contribution in [-0.4, -0.2) is 5.24 Å². The Morgan fingerprint density at radius 3 is 2.00 bits per heavy atom. The van der Waals surface area contributed by atoms with E-state index in [4.69, 9.17) is 16.3 Å². The maximum atomic E-state index is 11.5. The van der Waals surface area contributed by atoms with Crippen molar-refractivity contribution in [3.8, 4) is 22.6 Å². The van der Waals surface area contributed by atoms with Crippen LogP contribution in [0.3, 0.4) is 0 Å². The highest BCUT2D eigenvalue weighted by Crippen LogP contribution is 2.28. The van der Waals surface area contributed by atoms with E-state index in [0.717, 1.165) is 22.6 Å². The monoisotopic (exact) mass is 308 g/mol. The summed E-state index contributed by atoms with van der Waals surface area (Å²) in [6, 6.07) is 24.4. The Hall–Kier alpha value is -2.58. The van der Waals surface area contributed by atoms with Crippen molar-refractivity contribution in [2.24, 2.45) is 0 Å². The first-order valence-electron chi connectivity index (χ1n) is 6.86. The summed E-state index contributed by atoms with van der Waals surface area (Å²) in [6.07, 6.45) is 0. The van der Waals surface area contributed by atoms with Gasteiger partial charge in [-0.2, -0.15) is 0 Å². The summed E-state index contributed by atoms with van der Waals surface area (Å²) in [4.78, 5) is 11.5. The SMILES string of the molecule is O=C(Cl)c1ccccc1-c1ccc(Oc2ccccc2)cc1. The minimum absolute atomic E-state index is 0.458. The van der Waals surface area contributed by atoms with E-state index < -0.39 is 5.24 Å². The van der Waals surface area contributed by atoms with E-state index >= 15 is 0 Å². The lowest BCUT2D eigenvalue weighted by Gasteiger charge is -2.08. The summed E-state index contributed by atoms with van der Waals surface area (Å²) in [7, 11) is 0. The summed E-state index contributed by atoms with van der Waals surface area (Å²) in [6.45, 7) is 0. The van der Waals surface area contributed by atoms with Gasteiger partial charge < -0.3 is 4.74 Å². The molecule has 0 aliphatic heterocycles. The van der Waals surface area contributed by atoms with E-state index in [1.165, 1.54) is 0 Å². The van der Waals surface area contributed by atoms with E-state index in [0.29, 0.717) is 5.56 Å². The third-order valence-electron chi connectivity index (χ3n) is 3.28. The molecule has 0 aromatic heterocycles. The molecule has 108 valence electrons. The highest BCUT2D eigenvalue weighted by molar-refractivity contribution is 6.68. The number of benzene rings is 3. The van der Waals surface area contributed by atoms with Crippen molar-refractivity contribution in [1.82, 2.24) is 0 Å².